The van der Waals surface area contributed by atoms with E-state index >= 15 is 0 Å². The molecule has 21 heavy (non-hydrogen) atoms. The molecule has 1 aromatic carbocycles. The Hall–Kier alpha value is -0.770. The minimum absolute atomic E-state index is 0.667. The van der Waals surface area contributed by atoms with Gasteiger partial charge < -0.3 is 15.1 Å². The largest absolute Gasteiger partial charge is 0.369 e. The smallest absolute Gasteiger partial charge is 0.0413 e. The molecule has 1 heterocycles. The molecule has 2 rings (SSSR count). The lowest BCUT2D eigenvalue weighted by molar-refractivity contribution is 0.271. The first-order valence-electron chi connectivity index (χ1n) is 8.06. The van der Waals surface area contributed by atoms with E-state index < -0.39 is 0 Å². The van der Waals surface area contributed by atoms with E-state index in [4.69, 9.17) is 11.6 Å². The minimum Gasteiger partial charge on any atom is -0.369 e. The van der Waals surface area contributed by atoms with Crippen molar-refractivity contribution in [3.8, 4) is 0 Å². The van der Waals surface area contributed by atoms with Crippen LogP contribution < -0.4 is 10.2 Å². The standard InChI is InChI=1S/C17H28ClN3/c1-4-20-7-9-21(10-8-20)17-6-5-16(18)11-15(17)13-19-12-14(2)3/h5-6,11,14,19H,4,7-10,12-13H2,1-3H3. The van der Waals surface area contributed by atoms with Crippen molar-refractivity contribution in [2.75, 3.05) is 44.2 Å². The maximum atomic E-state index is 6.19. The van der Waals surface area contributed by atoms with Crippen LogP contribution in [-0.4, -0.2) is 44.2 Å². The van der Waals surface area contributed by atoms with Gasteiger partial charge in [-0.1, -0.05) is 32.4 Å². The van der Waals surface area contributed by atoms with Crippen LogP contribution in [0.25, 0.3) is 0 Å². The Labute approximate surface area is 134 Å². The van der Waals surface area contributed by atoms with Gasteiger partial charge in [0.1, 0.15) is 0 Å². The second-order valence-electron chi connectivity index (χ2n) is 6.22. The highest BCUT2D eigenvalue weighted by molar-refractivity contribution is 6.30. The molecule has 0 aliphatic carbocycles. The van der Waals surface area contributed by atoms with E-state index in [0.717, 1.165) is 50.8 Å². The van der Waals surface area contributed by atoms with Crippen LogP contribution in [0.15, 0.2) is 18.2 Å². The lowest BCUT2D eigenvalue weighted by atomic mass is 10.1. The fourth-order valence-corrected chi connectivity index (χ4v) is 3.00. The highest BCUT2D eigenvalue weighted by atomic mass is 35.5. The molecule has 0 bridgehead atoms. The summed E-state index contributed by atoms with van der Waals surface area (Å²) in [5.41, 5.74) is 2.65. The molecule has 1 aliphatic rings. The molecule has 118 valence electrons. The van der Waals surface area contributed by atoms with Crippen LogP contribution in [0.2, 0.25) is 5.02 Å². The van der Waals surface area contributed by atoms with Gasteiger partial charge in [0.05, 0.1) is 0 Å². The number of piperazine rings is 1. The third kappa shape index (κ3) is 4.87. The summed E-state index contributed by atoms with van der Waals surface area (Å²) < 4.78 is 0. The van der Waals surface area contributed by atoms with Gasteiger partial charge in [-0.3, -0.25) is 0 Å². The normalized spacial score (nSPS) is 16.7. The lowest BCUT2D eigenvalue weighted by Gasteiger charge is -2.36. The van der Waals surface area contributed by atoms with Gasteiger partial charge in [0.15, 0.2) is 0 Å². The van der Waals surface area contributed by atoms with Crippen LogP contribution in [-0.2, 0) is 6.54 Å². The zero-order chi connectivity index (χ0) is 15.2. The third-order valence-electron chi connectivity index (χ3n) is 4.07. The molecule has 4 heteroatoms. The Balaban J connectivity index is 2.04. The Bertz CT molecular complexity index is 440. The Morgan fingerprint density at radius 1 is 1.19 bits per heavy atom. The summed E-state index contributed by atoms with van der Waals surface area (Å²) in [6.07, 6.45) is 0. The fraction of sp³-hybridized carbons (Fsp3) is 0.647. The summed E-state index contributed by atoms with van der Waals surface area (Å²) in [6, 6.07) is 6.29. The maximum Gasteiger partial charge on any atom is 0.0413 e. The van der Waals surface area contributed by atoms with Gasteiger partial charge in [0, 0.05) is 43.4 Å². The fourth-order valence-electron chi connectivity index (χ4n) is 2.80. The van der Waals surface area contributed by atoms with E-state index in [2.05, 4.69) is 48.0 Å². The van der Waals surface area contributed by atoms with Crippen molar-refractivity contribution in [2.45, 2.75) is 27.3 Å². The molecule has 3 nitrogen and oxygen atoms in total. The molecular weight excluding hydrogens is 282 g/mol. The van der Waals surface area contributed by atoms with E-state index in [9.17, 15) is 0 Å². The van der Waals surface area contributed by atoms with Crippen LogP contribution in [0.3, 0.4) is 0 Å². The van der Waals surface area contributed by atoms with Crippen LogP contribution >= 0.6 is 11.6 Å². The number of nitrogens with one attached hydrogen (secondary N) is 1. The number of nitrogens with zero attached hydrogens (tertiary/aromatic N) is 2. The number of hydrogen-bond donors (Lipinski definition) is 1. The molecule has 1 N–H and O–H groups in total. The zero-order valence-electron chi connectivity index (χ0n) is 13.5. The van der Waals surface area contributed by atoms with E-state index in [1.807, 2.05) is 6.07 Å². The highest BCUT2D eigenvalue weighted by Crippen LogP contribution is 2.25. The van der Waals surface area contributed by atoms with Crippen molar-refractivity contribution in [3.63, 3.8) is 0 Å². The van der Waals surface area contributed by atoms with Gasteiger partial charge in [0.2, 0.25) is 0 Å². The Morgan fingerprint density at radius 2 is 1.90 bits per heavy atom. The van der Waals surface area contributed by atoms with Gasteiger partial charge >= 0.3 is 0 Å². The monoisotopic (exact) mass is 309 g/mol. The summed E-state index contributed by atoms with van der Waals surface area (Å²) in [7, 11) is 0. The summed E-state index contributed by atoms with van der Waals surface area (Å²) in [5.74, 6) is 0.667. The summed E-state index contributed by atoms with van der Waals surface area (Å²) in [5, 5.41) is 4.36. The van der Waals surface area contributed by atoms with Gasteiger partial charge in [-0.05, 0) is 42.8 Å². The molecule has 0 unspecified atom stereocenters. The average molecular weight is 310 g/mol. The minimum atomic E-state index is 0.667. The van der Waals surface area contributed by atoms with Crippen molar-refractivity contribution in [2.24, 2.45) is 5.92 Å². The van der Waals surface area contributed by atoms with E-state index in [1.54, 1.807) is 0 Å². The number of benzene rings is 1. The zero-order valence-corrected chi connectivity index (χ0v) is 14.3. The van der Waals surface area contributed by atoms with Crippen LogP contribution in [0.5, 0.6) is 0 Å². The molecule has 0 atom stereocenters. The van der Waals surface area contributed by atoms with Crippen LogP contribution in [0.4, 0.5) is 5.69 Å². The Morgan fingerprint density at radius 3 is 2.52 bits per heavy atom. The van der Waals surface area contributed by atoms with E-state index in [1.165, 1.54) is 11.3 Å². The van der Waals surface area contributed by atoms with Gasteiger partial charge in [0.25, 0.3) is 0 Å². The second-order valence-corrected chi connectivity index (χ2v) is 6.66. The van der Waals surface area contributed by atoms with Gasteiger partial charge in [-0.25, -0.2) is 0 Å². The molecule has 1 aromatic rings. The second kappa shape index (κ2) is 8.02. The first-order valence-corrected chi connectivity index (χ1v) is 8.44. The molecule has 1 aliphatic heterocycles. The van der Waals surface area contributed by atoms with Crippen molar-refractivity contribution in [1.82, 2.24) is 10.2 Å². The first-order chi connectivity index (χ1) is 10.1. The molecule has 0 amide bonds. The molecule has 0 radical (unpaired) electrons. The molecule has 0 spiro atoms. The summed E-state index contributed by atoms with van der Waals surface area (Å²) in [4.78, 5) is 5.00. The molecule has 0 aromatic heterocycles. The Kier molecular flexibility index (Phi) is 6.34. The number of anilines is 1. The molecule has 1 fully saturated rings. The number of rotatable bonds is 6. The molecule has 1 saturated heterocycles. The summed E-state index contributed by atoms with van der Waals surface area (Å²) in [6.45, 7) is 14.3. The van der Waals surface area contributed by atoms with Crippen LogP contribution in [0, 0.1) is 5.92 Å². The number of likely N-dealkylation sites (N-methyl/N-ethyl adjacent to an activating group) is 1. The topological polar surface area (TPSA) is 18.5 Å². The maximum absolute atomic E-state index is 6.19. The summed E-state index contributed by atoms with van der Waals surface area (Å²) >= 11 is 6.19. The van der Waals surface area contributed by atoms with Crippen LogP contribution in [0.1, 0.15) is 26.3 Å². The SMILES string of the molecule is CCN1CCN(c2ccc(Cl)cc2CNCC(C)C)CC1. The number of halogens is 1. The van der Waals surface area contributed by atoms with Gasteiger partial charge in [-0.2, -0.15) is 0 Å². The highest BCUT2D eigenvalue weighted by Gasteiger charge is 2.18. The molecular formula is C17H28ClN3. The van der Waals surface area contributed by atoms with Crippen molar-refractivity contribution < 1.29 is 0 Å². The van der Waals surface area contributed by atoms with Gasteiger partial charge in [-0.15, -0.1) is 0 Å². The van der Waals surface area contributed by atoms with Crippen molar-refractivity contribution in [3.05, 3.63) is 28.8 Å². The quantitative estimate of drug-likeness (QED) is 0.870. The predicted molar refractivity (Wildman–Crippen MR) is 92.3 cm³/mol. The average Bonchev–Trinajstić information content (AvgIpc) is 2.47. The van der Waals surface area contributed by atoms with Crippen molar-refractivity contribution in [1.29, 1.82) is 0 Å². The number of hydrogen-bond acceptors (Lipinski definition) is 3. The van der Waals surface area contributed by atoms with E-state index in [0.29, 0.717) is 5.92 Å². The van der Waals surface area contributed by atoms with Crippen molar-refractivity contribution >= 4 is 17.3 Å². The third-order valence-corrected chi connectivity index (χ3v) is 4.30. The van der Waals surface area contributed by atoms with E-state index in [-0.39, 0.29) is 0 Å². The first kappa shape index (κ1) is 16.6. The lowest BCUT2D eigenvalue weighted by Crippen LogP contribution is -2.46. The predicted octanol–water partition coefficient (Wildman–Crippen LogP) is 3.23. The molecule has 0 saturated carbocycles.